The van der Waals surface area contributed by atoms with Crippen LogP contribution in [0.2, 0.25) is 0 Å². The highest BCUT2D eigenvalue weighted by Crippen LogP contribution is 2.32. The van der Waals surface area contributed by atoms with E-state index in [9.17, 15) is 4.79 Å². The van der Waals surface area contributed by atoms with Gasteiger partial charge >= 0.3 is 0 Å². The normalized spacial score (nSPS) is 34.6. The highest BCUT2D eigenvalue weighted by atomic mass is 16.5. The van der Waals surface area contributed by atoms with Crippen LogP contribution in [0.15, 0.2) is 0 Å². The predicted molar refractivity (Wildman–Crippen MR) is 69.3 cm³/mol. The van der Waals surface area contributed by atoms with Gasteiger partial charge in [-0.3, -0.25) is 9.69 Å². The van der Waals surface area contributed by atoms with E-state index in [4.69, 9.17) is 4.74 Å². The third kappa shape index (κ3) is 2.28. The Hall–Kier alpha value is -0.610. The maximum Gasteiger partial charge on any atom is 0.219 e. The molecule has 2 atom stereocenters. The number of rotatable bonds is 1. The highest BCUT2D eigenvalue weighted by molar-refractivity contribution is 5.73. The minimum absolute atomic E-state index is 0.247. The van der Waals surface area contributed by atoms with E-state index >= 15 is 0 Å². The zero-order valence-electron chi connectivity index (χ0n) is 11.3. The summed E-state index contributed by atoms with van der Waals surface area (Å²) in [6, 6.07) is 1.34. The predicted octanol–water partition coefficient (Wildman–Crippen LogP) is 1.11. The van der Waals surface area contributed by atoms with E-state index in [-0.39, 0.29) is 5.91 Å². The van der Waals surface area contributed by atoms with E-state index in [1.165, 1.54) is 25.8 Å². The van der Waals surface area contributed by atoms with E-state index < -0.39 is 0 Å². The van der Waals surface area contributed by atoms with Gasteiger partial charge in [-0.15, -0.1) is 0 Å². The third-order valence-corrected chi connectivity index (χ3v) is 4.90. The summed E-state index contributed by atoms with van der Waals surface area (Å²) in [5, 5.41) is 0. The van der Waals surface area contributed by atoms with Gasteiger partial charge in [0.15, 0.2) is 0 Å². The molecule has 1 amide bonds. The molecular formula is C14H24N2O2. The van der Waals surface area contributed by atoms with Gasteiger partial charge in [0, 0.05) is 26.1 Å². The number of likely N-dealkylation sites (tertiary alicyclic amines) is 2. The fourth-order valence-corrected chi connectivity index (χ4v) is 3.76. The molecule has 3 aliphatic heterocycles. The molecule has 3 fully saturated rings. The van der Waals surface area contributed by atoms with Crippen LogP contribution in [0, 0.1) is 5.92 Å². The fourth-order valence-electron chi connectivity index (χ4n) is 3.76. The van der Waals surface area contributed by atoms with Crippen LogP contribution in [0.3, 0.4) is 0 Å². The third-order valence-electron chi connectivity index (χ3n) is 4.90. The Kier molecular flexibility index (Phi) is 3.57. The minimum Gasteiger partial charge on any atom is -0.378 e. The number of amides is 1. The molecule has 0 radical (unpaired) electrons. The van der Waals surface area contributed by atoms with Crippen molar-refractivity contribution < 1.29 is 9.53 Å². The number of ether oxygens (including phenoxy) is 1. The van der Waals surface area contributed by atoms with E-state index in [1.807, 2.05) is 4.90 Å². The average Bonchev–Trinajstić information content (AvgIpc) is 2.49. The van der Waals surface area contributed by atoms with Crippen molar-refractivity contribution in [1.82, 2.24) is 9.80 Å². The van der Waals surface area contributed by atoms with E-state index in [1.54, 1.807) is 6.92 Å². The molecule has 4 heteroatoms. The molecule has 0 bridgehead atoms. The second-order valence-electron chi connectivity index (χ2n) is 6.01. The summed E-state index contributed by atoms with van der Waals surface area (Å²) >= 11 is 0. The number of hydrogen-bond donors (Lipinski definition) is 0. The molecular weight excluding hydrogens is 228 g/mol. The van der Waals surface area contributed by atoms with Crippen LogP contribution < -0.4 is 0 Å². The quantitative estimate of drug-likeness (QED) is 0.701. The Bertz CT molecular complexity index is 317. The van der Waals surface area contributed by atoms with E-state index in [0.717, 1.165) is 32.7 Å². The summed E-state index contributed by atoms with van der Waals surface area (Å²) in [6.07, 6.45) is 5.07. The smallest absolute Gasteiger partial charge is 0.219 e. The van der Waals surface area contributed by atoms with Crippen molar-refractivity contribution in [2.24, 2.45) is 5.92 Å². The molecule has 3 saturated heterocycles. The first kappa shape index (κ1) is 12.4. The van der Waals surface area contributed by atoms with Crippen molar-refractivity contribution >= 4 is 5.91 Å². The van der Waals surface area contributed by atoms with Crippen LogP contribution in [0.4, 0.5) is 0 Å². The molecule has 0 aliphatic carbocycles. The molecule has 0 aromatic carbocycles. The largest absolute Gasteiger partial charge is 0.378 e. The lowest BCUT2D eigenvalue weighted by Crippen LogP contribution is -2.58. The van der Waals surface area contributed by atoms with Gasteiger partial charge in [-0.1, -0.05) is 6.42 Å². The van der Waals surface area contributed by atoms with Gasteiger partial charge in [-0.2, -0.15) is 0 Å². The van der Waals surface area contributed by atoms with Gasteiger partial charge in [0.1, 0.15) is 0 Å². The molecule has 0 N–H and O–H groups in total. The number of hydrogen-bond acceptors (Lipinski definition) is 3. The van der Waals surface area contributed by atoms with Crippen LogP contribution >= 0.6 is 0 Å². The number of carbonyl (C=O) groups excluding carboxylic acids is 1. The highest BCUT2D eigenvalue weighted by Gasteiger charge is 2.39. The van der Waals surface area contributed by atoms with E-state index in [2.05, 4.69) is 4.90 Å². The Morgan fingerprint density at radius 2 is 2.00 bits per heavy atom. The monoisotopic (exact) mass is 252 g/mol. The van der Waals surface area contributed by atoms with Gasteiger partial charge in [0.2, 0.25) is 5.91 Å². The van der Waals surface area contributed by atoms with Crippen molar-refractivity contribution in [2.45, 2.75) is 44.7 Å². The summed E-state index contributed by atoms with van der Waals surface area (Å²) in [7, 11) is 0. The molecule has 0 aromatic rings. The van der Waals surface area contributed by atoms with Gasteiger partial charge in [0.25, 0.3) is 0 Å². The molecule has 3 rings (SSSR count). The average molecular weight is 252 g/mol. The Morgan fingerprint density at radius 1 is 1.17 bits per heavy atom. The van der Waals surface area contributed by atoms with Gasteiger partial charge < -0.3 is 9.64 Å². The number of fused-ring (bicyclic) bond motifs is 1. The Labute approximate surface area is 109 Å². The summed E-state index contributed by atoms with van der Waals surface area (Å²) in [5.74, 6) is 0.932. The topological polar surface area (TPSA) is 32.8 Å². The minimum atomic E-state index is 0.247. The van der Waals surface area contributed by atoms with Crippen LogP contribution in [-0.4, -0.2) is 60.6 Å². The lowest BCUT2D eigenvalue weighted by atomic mass is 9.87. The van der Waals surface area contributed by atoms with Crippen LogP contribution in [-0.2, 0) is 9.53 Å². The lowest BCUT2D eigenvalue weighted by Gasteiger charge is -2.47. The standard InChI is InChI=1S/C14H24N2O2/c1-11(17)15-7-5-14-12(8-15)4-2-3-6-16(14)13-9-18-10-13/h12-14H,2-10H2,1H3/t12-,14-/m1/s1. The van der Waals surface area contributed by atoms with Crippen molar-refractivity contribution in [1.29, 1.82) is 0 Å². The summed E-state index contributed by atoms with van der Waals surface area (Å²) in [6.45, 7) is 6.69. The Morgan fingerprint density at radius 3 is 2.67 bits per heavy atom. The molecule has 4 nitrogen and oxygen atoms in total. The summed E-state index contributed by atoms with van der Waals surface area (Å²) in [4.78, 5) is 16.3. The van der Waals surface area contributed by atoms with Gasteiger partial charge in [-0.25, -0.2) is 0 Å². The zero-order valence-corrected chi connectivity index (χ0v) is 11.3. The number of nitrogens with zero attached hydrogens (tertiary/aromatic N) is 2. The molecule has 0 spiro atoms. The molecule has 102 valence electrons. The molecule has 3 aliphatic rings. The Balaban J connectivity index is 1.70. The fraction of sp³-hybridized carbons (Fsp3) is 0.929. The molecule has 0 saturated carbocycles. The van der Waals surface area contributed by atoms with Crippen molar-refractivity contribution in [3.63, 3.8) is 0 Å². The first-order valence-electron chi connectivity index (χ1n) is 7.34. The van der Waals surface area contributed by atoms with E-state index in [0.29, 0.717) is 18.0 Å². The van der Waals surface area contributed by atoms with Crippen LogP contribution in [0.1, 0.15) is 32.6 Å². The van der Waals surface area contributed by atoms with Gasteiger partial charge in [-0.05, 0) is 31.7 Å². The molecule has 18 heavy (non-hydrogen) atoms. The molecule has 0 aromatic heterocycles. The number of piperidine rings is 1. The second kappa shape index (κ2) is 5.17. The van der Waals surface area contributed by atoms with Crippen LogP contribution in [0.25, 0.3) is 0 Å². The van der Waals surface area contributed by atoms with Crippen molar-refractivity contribution in [3.8, 4) is 0 Å². The van der Waals surface area contributed by atoms with Crippen molar-refractivity contribution in [2.75, 3.05) is 32.8 Å². The zero-order chi connectivity index (χ0) is 12.5. The van der Waals surface area contributed by atoms with Gasteiger partial charge in [0.05, 0.1) is 19.3 Å². The lowest BCUT2D eigenvalue weighted by molar-refractivity contribution is -0.134. The SMILES string of the molecule is CC(=O)N1CC[C@@H]2[C@H](CCCCN2C2COC2)C1. The maximum absolute atomic E-state index is 11.5. The van der Waals surface area contributed by atoms with Crippen LogP contribution in [0.5, 0.6) is 0 Å². The first-order valence-corrected chi connectivity index (χ1v) is 7.34. The van der Waals surface area contributed by atoms with Crippen molar-refractivity contribution in [3.05, 3.63) is 0 Å². The maximum atomic E-state index is 11.5. The second-order valence-corrected chi connectivity index (χ2v) is 6.01. The summed E-state index contributed by atoms with van der Waals surface area (Å²) in [5.41, 5.74) is 0. The molecule has 3 heterocycles. The summed E-state index contributed by atoms with van der Waals surface area (Å²) < 4.78 is 5.36. The molecule has 0 unspecified atom stereocenters. The first-order chi connectivity index (χ1) is 8.75. The number of carbonyl (C=O) groups is 1.